The number of nitrogens with zero attached hydrogens (tertiary/aromatic N) is 2. The number of hydrogen-bond acceptors (Lipinski definition) is 5. The monoisotopic (exact) mass is 313 g/mol. The Morgan fingerprint density at radius 2 is 2.17 bits per heavy atom. The number of rotatable bonds is 6. The van der Waals surface area contributed by atoms with Crippen LogP contribution in [0.15, 0.2) is 42.9 Å². The van der Waals surface area contributed by atoms with Crippen molar-refractivity contribution in [3.63, 3.8) is 0 Å². The quantitative estimate of drug-likeness (QED) is 0.877. The first-order chi connectivity index (χ1) is 11.3. The highest BCUT2D eigenvalue weighted by molar-refractivity contribution is 5.93. The maximum atomic E-state index is 12.1. The van der Waals surface area contributed by atoms with E-state index in [9.17, 15) is 4.79 Å². The van der Waals surface area contributed by atoms with Gasteiger partial charge in [0, 0.05) is 37.6 Å². The zero-order valence-corrected chi connectivity index (χ0v) is 12.8. The minimum absolute atomic E-state index is 0.0579. The van der Waals surface area contributed by atoms with Crippen LogP contribution in [0.5, 0.6) is 5.88 Å². The molecule has 0 radical (unpaired) electrons. The summed E-state index contributed by atoms with van der Waals surface area (Å²) in [4.78, 5) is 20.2. The fourth-order valence-electron chi connectivity index (χ4n) is 2.33. The van der Waals surface area contributed by atoms with E-state index in [0.717, 1.165) is 25.0 Å². The number of carbonyl (C=O) groups is 1. The molecular formula is C17H19N3O3. The van der Waals surface area contributed by atoms with Gasteiger partial charge in [0.1, 0.15) is 6.10 Å². The lowest BCUT2D eigenvalue weighted by atomic mass is 10.2. The molecule has 2 aromatic heterocycles. The lowest BCUT2D eigenvalue weighted by Gasteiger charge is -2.11. The van der Waals surface area contributed by atoms with Gasteiger partial charge in [-0.25, -0.2) is 4.98 Å². The summed E-state index contributed by atoms with van der Waals surface area (Å²) in [6.45, 7) is 1.89. The smallest absolute Gasteiger partial charge is 0.252 e. The van der Waals surface area contributed by atoms with Gasteiger partial charge in [-0.15, -0.1) is 0 Å². The highest BCUT2D eigenvalue weighted by Crippen LogP contribution is 2.14. The van der Waals surface area contributed by atoms with Crippen LogP contribution in [0.3, 0.4) is 0 Å². The minimum Gasteiger partial charge on any atom is -0.472 e. The zero-order chi connectivity index (χ0) is 15.9. The van der Waals surface area contributed by atoms with Gasteiger partial charge in [0.25, 0.3) is 5.91 Å². The Hall–Kier alpha value is -2.47. The second-order valence-corrected chi connectivity index (χ2v) is 5.35. The van der Waals surface area contributed by atoms with E-state index in [4.69, 9.17) is 9.47 Å². The molecule has 1 atom stereocenters. The van der Waals surface area contributed by atoms with Crippen LogP contribution in [0, 0.1) is 0 Å². The molecular weight excluding hydrogens is 294 g/mol. The first-order valence-electron chi connectivity index (χ1n) is 7.69. The fourth-order valence-corrected chi connectivity index (χ4v) is 2.33. The molecule has 2 aromatic rings. The Morgan fingerprint density at radius 3 is 2.87 bits per heavy atom. The number of amides is 1. The number of nitrogens with one attached hydrogen (secondary N) is 1. The van der Waals surface area contributed by atoms with Gasteiger partial charge in [-0.2, -0.15) is 0 Å². The molecule has 1 N–H and O–H groups in total. The first kappa shape index (κ1) is 15.4. The molecule has 1 amide bonds. The summed E-state index contributed by atoms with van der Waals surface area (Å²) in [6, 6.07) is 7.31. The Labute approximate surface area is 134 Å². The second-order valence-electron chi connectivity index (χ2n) is 5.35. The fraction of sp³-hybridized carbons (Fsp3) is 0.353. The molecule has 0 spiro atoms. The minimum atomic E-state index is -0.137. The lowest BCUT2D eigenvalue weighted by molar-refractivity contribution is 0.0953. The van der Waals surface area contributed by atoms with E-state index in [2.05, 4.69) is 15.3 Å². The molecule has 1 aliphatic rings. The van der Waals surface area contributed by atoms with Crippen molar-refractivity contribution in [2.24, 2.45) is 0 Å². The van der Waals surface area contributed by atoms with Crippen molar-refractivity contribution >= 4 is 5.91 Å². The Morgan fingerprint density at radius 1 is 1.30 bits per heavy atom. The Kier molecular flexibility index (Phi) is 5.16. The summed E-state index contributed by atoms with van der Waals surface area (Å²) in [5, 5.41) is 2.88. The molecule has 0 aromatic carbocycles. The molecule has 0 bridgehead atoms. The normalized spacial score (nSPS) is 17.0. The molecule has 1 unspecified atom stereocenters. The van der Waals surface area contributed by atoms with Gasteiger partial charge in [0.05, 0.1) is 18.8 Å². The molecule has 3 rings (SSSR count). The summed E-state index contributed by atoms with van der Waals surface area (Å²) in [5.74, 6) is 0.385. The maximum absolute atomic E-state index is 12.1. The van der Waals surface area contributed by atoms with E-state index in [1.807, 2.05) is 12.1 Å². The van der Waals surface area contributed by atoms with Crippen LogP contribution in [0.2, 0.25) is 0 Å². The van der Waals surface area contributed by atoms with Crippen LogP contribution in [0.1, 0.15) is 22.3 Å². The van der Waals surface area contributed by atoms with E-state index >= 15 is 0 Å². The van der Waals surface area contributed by atoms with Crippen molar-refractivity contribution in [3.8, 4) is 5.88 Å². The van der Waals surface area contributed by atoms with Crippen molar-refractivity contribution in [1.82, 2.24) is 15.3 Å². The SMILES string of the molecule is O=C(NCCc1ccncc1)c1ccc(OC2CCOC2)nc1. The largest absolute Gasteiger partial charge is 0.472 e. The van der Waals surface area contributed by atoms with Crippen LogP contribution in [-0.2, 0) is 11.2 Å². The van der Waals surface area contributed by atoms with Crippen LogP contribution < -0.4 is 10.1 Å². The average molecular weight is 313 g/mol. The van der Waals surface area contributed by atoms with E-state index in [1.54, 1.807) is 24.5 Å². The van der Waals surface area contributed by atoms with E-state index in [-0.39, 0.29) is 12.0 Å². The maximum Gasteiger partial charge on any atom is 0.252 e. The summed E-state index contributed by atoms with van der Waals surface area (Å²) >= 11 is 0. The summed E-state index contributed by atoms with van der Waals surface area (Å²) < 4.78 is 10.9. The van der Waals surface area contributed by atoms with Crippen molar-refractivity contribution in [3.05, 3.63) is 54.0 Å². The van der Waals surface area contributed by atoms with Crippen molar-refractivity contribution in [2.45, 2.75) is 18.9 Å². The highest BCUT2D eigenvalue weighted by Gasteiger charge is 2.17. The van der Waals surface area contributed by atoms with Crippen LogP contribution in [0.25, 0.3) is 0 Å². The number of ether oxygens (including phenoxy) is 2. The average Bonchev–Trinajstić information content (AvgIpc) is 3.09. The molecule has 120 valence electrons. The summed E-state index contributed by atoms with van der Waals surface area (Å²) in [6.07, 6.45) is 6.73. The van der Waals surface area contributed by atoms with Gasteiger partial charge in [-0.1, -0.05) is 0 Å². The number of aromatic nitrogens is 2. The number of pyridine rings is 2. The van der Waals surface area contributed by atoms with E-state index in [1.165, 1.54) is 6.20 Å². The van der Waals surface area contributed by atoms with Crippen molar-refractivity contribution in [2.75, 3.05) is 19.8 Å². The van der Waals surface area contributed by atoms with Gasteiger partial charge in [-0.05, 0) is 30.2 Å². The van der Waals surface area contributed by atoms with E-state index in [0.29, 0.717) is 24.6 Å². The highest BCUT2D eigenvalue weighted by atomic mass is 16.5. The van der Waals surface area contributed by atoms with Gasteiger partial charge in [0.2, 0.25) is 5.88 Å². The van der Waals surface area contributed by atoms with Crippen molar-refractivity contribution in [1.29, 1.82) is 0 Å². The van der Waals surface area contributed by atoms with Gasteiger partial charge >= 0.3 is 0 Å². The third-order valence-electron chi connectivity index (χ3n) is 3.62. The standard InChI is InChI=1S/C17H19N3O3/c21-17(19-9-5-13-3-7-18-8-4-13)14-1-2-16(20-11-14)23-15-6-10-22-12-15/h1-4,7-8,11,15H,5-6,9-10,12H2,(H,19,21). The van der Waals surface area contributed by atoms with E-state index < -0.39 is 0 Å². The molecule has 0 aliphatic carbocycles. The molecule has 1 fully saturated rings. The number of carbonyl (C=O) groups excluding carboxylic acids is 1. The van der Waals surface area contributed by atoms with Gasteiger partial charge in [0.15, 0.2) is 0 Å². The predicted molar refractivity (Wildman–Crippen MR) is 84.4 cm³/mol. The van der Waals surface area contributed by atoms with Gasteiger partial charge in [-0.3, -0.25) is 9.78 Å². The Balaban J connectivity index is 1.47. The molecule has 6 nitrogen and oxygen atoms in total. The summed E-state index contributed by atoms with van der Waals surface area (Å²) in [5.41, 5.74) is 1.66. The van der Waals surface area contributed by atoms with Gasteiger partial charge < -0.3 is 14.8 Å². The zero-order valence-electron chi connectivity index (χ0n) is 12.8. The molecule has 0 saturated carbocycles. The summed E-state index contributed by atoms with van der Waals surface area (Å²) in [7, 11) is 0. The second kappa shape index (κ2) is 7.69. The lowest BCUT2D eigenvalue weighted by Crippen LogP contribution is -2.25. The first-order valence-corrected chi connectivity index (χ1v) is 7.69. The van der Waals surface area contributed by atoms with Crippen LogP contribution >= 0.6 is 0 Å². The third-order valence-corrected chi connectivity index (χ3v) is 3.62. The molecule has 23 heavy (non-hydrogen) atoms. The molecule has 1 saturated heterocycles. The molecule has 1 aliphatic heterocycles. The molecule has 3 heterocycles. The number of hydrogen-bond donors (Lipinski definition) is 1. The van der Waals surface area contributed by atoms with Crippen LogP contribution in [-0.4, -0.2) is 41.7 Å². The van der Waals surface area contributed by atoms with Crippen molar-refractivity contribution < 1.29 is 14.3 Å². The Bertz CT molecular complexity index is 625. The molecule has 6 heteroatoms. The predicted octanol–water partition coefficient (Wildman–Crippen LogP) is 1.62. The third kappa shape index (κ3) is 4.50. The topological polar surface area (TPSA) is 73.3 Å². The van der Waals surface area contributed by atoms with Crippen LogP contribution in [0.4, 0.5) is 0 Å².